The highest BCUT2D eigenvalue weighted by Crippen LogP contribution is 2.49. The van der Waals surface area contributed by atoms with Crippen LogP contribution in [0.15, 0.2) is 11.1 Å². The molecule has 0 saturated heterocycles. The van der Waals surface area contributed by atoms with Gasteiger partial charge < -0.3 is 14.7 Å². The molecule has 0 aromatic rings. The van der Waals surface area contributed by atoms with Crippen LogP contribution in [0.25, 0.3) is 0 Å². The van der Waals surface area contributed by atoms with Crippen molar-refractivity contribution in [2.24, 2.45) is 17.8 Å². The number of esters is 1. The average molecular weight is 309 g/mol. The van der Waals surface area contributed by atoms with E-state index >= 15 is 0 Å². The van der Waals surface area contributed by atoms with Crippen LogP contribution < -0.4 is 0 Å². The molecule has 2 aliphatic rings. The second-order valence-electron chi connectivity index (χ2n) is 7.64. The number of hydrogen-bond acceptors (Lipinski definition) is 4. The van der Waals surface area contributed by atoms with Crippen molar-refractivity contribution in [1.82, 2.24) is 4.90 Å². The number of allylic oxidation sites excluding steroid dienone is 1. The average Bonchev–Trinajstić information content (AvgIpc) is 2.64. The first-order valence-corrected chi connectivity index (χ1v) is 8.39. The summed E-state index contributed by atoms with van der Waals surface area (Å²) in [5.41, 5.74) is 2.25. The molecule has 1 fully saturated rings. The monoisotopic (exact) mass is 309 g/mol. The Hall–Kier alpha value is -0.870. The summed E-state index contributed by atoms with van der Waals surface area (Å²) >= 11 is 0. The number of methoxy groups -OCH3 is 1. The van der Waals surface area contributed by atoms with Crippen molar-refractivity contribution in [2.75, 3.05) is 27.7 Å². The number of rotatable bonds is 4. The molecule has 0 aromatic carbocycles. The molecule has 2 aliphatic carbocycles. The maximum absolute atomic E-state index is 12.3. The van der Waals surface area contributed by atoms with Crippen molar-refractivity contribution in [3.05, 3.63) is 11.1 Å². The minimum atomic E-state index is -0.627. The summed E-state index contributed by atoms with van der Waals surface area (Å²) in [5.74, 6) is 0.257. The molecule has 1 N–H and O–H groups in total. The molecule has 0 spiro atoms. The zero-order chi connectivity index (χ0) is 16.5. The van der Waals surface area contributed by atoms with Gasteiger partial charge in [-0.3, -0.25) is 4.79 Å². The summed E-state index contributed by atoms with van der Waals surface area (Å²) in [7, 11) is 5.46. The molecule has 0 bridgehead atoms. The zero-order valence-corrected chi connectivity index (χ0v) is 14.7. The standard InChI is InChI=1S/C18H31NO3/c1-12-6-7-13(15(11-19(3)4)17(20)22-5)10-16-14(12)8-9-18(16,2)21/h13,15-16,21H,6-11H2,1-5H3/t13-,15+,16?,18-/m1/s1. The van der Waals surface area contributed by atoms with E-state index in [2.05, 4.69) is 11.8 Å². The van der Waals surface area contributed by atoms with E-state index in [1.807, 2.05) is 21.0 Å². The largest absolute Gasteiger partial charge is 0.469 e. The SMILES string of the molecule is COC(=O)[C@@H](CN(C)C)[C@@H]1CCC(C)=C2CC[C@@](C)(O)C2C1. The second kappa shape index (κ2) is 6.71. The van der Waals surface area contributed by atoms with Crippen LogP contribution in [0.5, 0.6) is 0 Å². The van der Waals surface area contributed by atoms with Crippen molar-refractivity contribution < 1.29 is 14.6 Å². The Morgan fingerprint density at radius 2 is 2.14 bits per heavy atom. The van der Waals surface area contributed by atoms with Gasteiger partial charge in [0.15, 0.2) is 0 Å². The van der Waals surface area contributed by atoms with E-state index in [1.165, 1.54) is 18.3 Å². The molecule has 2 rings (SSSR count). The van der Waals surface area contributed by atoms with E-state index in [0.717, 1.165) is 32.1 Å². The smallest absolute Gasteiger partial charge is 0.310 e. The minimum absolute atomic E-state index is 0.108. The predicted octanol–water partition coefficient (Wildman–Crippen LogP) is 2.61. The Bertz CT molecular complexity index is 453. The molecule has 0 radical (unpaired) electrons. The first kappa shape index (κ1) is 17.5. The van der Waals surface area contributed by atoms with E-state index in [4.69, 9.17) is 4.74 Å². The van der Waals surface area contributed by atoms with Crippen LogP contribution in [0.2, 0.25) is 0 Å². The number of carbonyl (C=O) groups is 1. The van der Waals surface area contributed by atoms with E-state index in [1.54, 1.807) is 0 Å². The molecule has 4 nitrogen and oxygen atoms in total. The molecule has 4 atom stereocenters. The first-order valence-electron chi connectivity index (χ1n) is 8.39. The molecule has 0 aliphatic heterocycles. The Balaban J connectivity index is 2.23. The number of aliphatic hydroxyl groups is 1. The van der Waals surface area contributed by atoms with Crippen LogP contribution >= 0.6 is 0 Å². The fourth-order valence-electron chi connectivity index (χ4n) is 4.33. The lowest BCUT2D eigenvalue weighted by molar-refractivity contribution is -0.148. The van der Waals surface area contributed by atoms with Crippen LogP contribution in [0.3, 0.4) is 0 Å². The molecular weight excluding hydrogens is 278 g/mol. The predicted molar refractivity (Wildman–Crippen MR) is 87.4 cm³/mol. The van der Waals surface area contributed by atoms with Crippen molar-refractivity contribution in [3.63, 3.8) is 0 Å². The third-order valence-corrected chi connectivity index (χ3v) is 5.68. The lowest BCUT2D eigenvalue weighted by Crippen LogP contribution is -2.38. The van der Waals surface area contributed by atoms with E-state index in [9.17, 15) is 9.90 Å². The van der Waals surface area contributed by atoms with Gasteiger partial charge in [-0.05, 0) is 66.0 Å². The quantitative estimate of drug-likeness (QED) is 0.640. The number of carbonyl (C=O) groups excluding carboxylic acids is 1. The van der Waals surface area contributed by atoms with E-state index < -0.39 is 5.60 Å². The maximum Gasteiger partial charge on any atom is 0.310 e. The molecular formula is C18H31NO3. The van der Waals surface area contributed by atoms with Gasteiger partial charge in [-0.1, -0.05) is 11.1 Å². The fraction of sp³-hybridized carbons (Fsp3) is 0.833. The van der Waals surface area contributed by atoms with Gasteiger partial charge in [0, 0.05) is 12.5 Å². The van der Waals surface area contributed by atoms with Crippen molar-refractivity contribution in [1.29, 1.82) is 0 Å². The molecule has 1 saturated carbocycles. The third-order valence-electron chi connectivity index (χ3n) is 5.68. The van der Waals surface area contributed by atoms with E-state index in [0.29, 0.717) is 6.54 Å². The fourth-order valence-corrected chi connectivity index (χ4v) is 4.33. The Morgan fingerprint density at radius 3 is 2.73 bits per heavy atom. The van der Waals surface area contributed by atoms with Crippen molar-refractivity contribution in [3.8, 4) is 0 Å². The van der Waals surface area contributed by atoms with Crippen LogP contribution in [0, 0.1) is 17.8 Å². The Kier molecular flexibility index (Phi) is 5.33. The normalized spacial score (nSPS) is 33.6. The van der Waals surface area contributed by atoms with Gasteiger partial charge in [-0.25, -0.2) is 0 Å². The first-order chi connectivity index (χ1) is 10.3. The molecule has 4 heteroatoms. The molecule has 126 valence electrons. The molecule has 0 heterocycles. The molecule has 0 aromatic heterocycles. The Labute approximate surface area is 134 Å². The molecule has 22 heavy (non-hydrogen) atoms. The number of fused-ring (bicyclic) bond motifs is 1. The summed E-state index contributed by atoms with van der Waals surface area (Å²) in [4.78, 5) is 14.3. The van der Waals surface area contributed by atoms with Crippen molar-refractivity contribution in [2.45, 2.75) is 51.6 Å². The van der Waals surface area contributed by atoms with Crippen LogP contribution in [-0.4, -0.2) is 49.3 Å². The highest BCUT2D eigenvalue weighted by atomic mass is 16.5. The zero-order valence-electron chi connectivity index (χ0n) is 14.7. The van der Waals surface area contributed by atoms with Gasteiger partial charge in [0.05, 0.1) is 18.6 Å². The molecule has 0 amide bonds. The van der Waals surface area contributed by atoms with Crippen LogP contribution in [-0.2, 0) is 9.53 Å². The summed E-state index contributed by atoms with van der Waals surface area (Å²) in [6, 6.07) is 0. The third kappa shape index (κ3) is 3.54. The lowest BCUT2D eigenvalue weighted by atomic mass is 9.78. The lowest BCUT2D eigenvalue weighted by Gasteiger charge is -2.32. The van der Waals surface area contributed by atoms with Crippen LogP contribution in [0.4, 0.5) is 0 Å². The molecule has 1 unspecified atom stereocenters. The van der Waals surface area contributed by atoms with E-state index in [-0.39, 0.29) is 23.7 Å². The highest BCUT2D eigenvalue weighted by Gasteiger charge is 2.45. The van der Waals surface area contributed by atoms with Gasteiger partial charge >= 0.3 is 5.97 Å². The van der Waals surface area contributed by atoms with Gasteiger partial charge in [0.1, 0.15) is 0 Å². The summed E-state index contributed by atoms with van der Waals surface area (Å²) in [6.07, 6.45) is 4.79. The second-order valence-corrected chi connectivity index (χ2v) is 7.64. The summed E-state index contributed by atoms with van der Waals surface area (Å²) in [6.45, 7) is 4.87. The minimum Gasteiger partial charge on any atom is -0.469 e. The number of ether oxygens (including phenoxy) is 1. The van der Waals surface area contributed by atoms with Crippen LogP contribution in [0.1, 0.15) is 46.0 Å². The van der Waals surface area contributed by atoms with Gasteiger partial charge in [-0.15, -0.1) is 0 Å². The maximum atomic E-state index is 12.3. The van der Waals surface area contributed by atoms with Crippen molar-refractivity contribution >= 4 is 5.97 Å². The highest BCUT2D eigenvalue weighted by molar-refractivity contribution is 5.73. The number of hydrogen-bond donors (Lipinski definition) is 1. The summed E-state index contributed by atoms with van der Waals surface area (Å²) in [5, 5.41) is 10.7. The summed E-state index contributed by atoms with van der Waals surface area (Å²) < 4.78 is 5.06. The van der Waals surface area contributed by atoms with Gasteiger partial charge in [-0.2, -0.15) is 0 Å². The van der Waals surface area contributed by atoms with Gasteiger partial charge in [0.25, 0.3) is 0 Å². The van der Waals surface area contributed by atoms with Gasteiger partial charge in [0.2, 0.25) is 0 Å². The number of nitrogens with zero attached hydrogens (tertiary/aromatic N) is 1. The Morgan fingerprint density at radius 1 is 1.45 bits per heavy atom. The topological polar surface area (TPSA) is 49.8 Å².